The Labute approximate surface area is 125 Å². The highest BCUT2D eigenvalue weighted by Gasteiger charge is 2.13. The molecule has 0 saturated heterocycles. The summed E-state index contributed by atoms with van der Waals surface area (Å²) in [4.78, 5) is 16.4. The maximum absolute atomic E-state index is 13.6. The molecule has 0 atom stereocenters. The molecule has 6 heteroatoms. The molecule has 0 bridgehead atoms. The molecule has 0 aliphatic carbocycles. The minimum absolute atomic E-state index is 0.0285. The molecule has 0 spiro atoms. The van der Waals surface area contributed by atoms with Crippen LogP contribution in [0.4, 0.5) is 10.1 Å². The molecule has 1 amide bonds. The molecule has 0 aliphatic rings. The van der Waals surface area contributed by atoms with Crippen molar-refractivity contribution in [2.75, 3.05) is 5.32 Å². The molecule has 106 valence electrons. The highest BCUT2D eigenvalue weighted by atomic mass is 35.5. The molecular weight excluding hydrogens is 293 g/mol. The predicted octanol–water partition coefficient (Wildman–Crippen LogP) is 3.69. The minimum atomic E-state index is -0.549. The van der Waals surface area contributed by atoms with E-state index in [9.17, 15) is 9.18 Å². The summed E-state index contributed by atoms with van der Waals surface area (Å²) < 4.78 is 15.3. The third kappa shape index (κ3) is 2.73. The van der Waals surface area contributed by atoms with E-state index in [2.05, 4.69) is 10.3 Å². The largest absolute Gasteiger partial charge is 0.318 e. The minimum Gasteiger partial charge on any atom is -0.318 e. The predicted molar refractivity (Wildman–Crippen MR) is 79.3 cm³/mol. The van der Waals surface area contributed by atoms with Gasteiger partial charge in [-0.05, 0) is 42.8 Å². The number of aromatic nitrogens is 2. The van der Waals surface area contributed by atoms with Crippen molar-refractivity contribution in [3.05, 3.63) is 64.8 Å². The Bertz CT molecular complexity index is 844. The summed E-state index contributed by atoms with van der Waals surface area (Å²) >= 11 is 5.79. The number of halogens is 2. The fraction of sp³-hybridized carbons (Fsp3) is 0.0667. The first-order chi connectivity index (χ1) is 10.0. The van der Waals surface area contributed by atoms with Crippen molar-refractivity contribution in [2.45, 2.75) is 6.92 Å². The van der Waals surface area contributed by atoms with Crippen LogP contribution in [-0.2, 0) is 0 Å². The number of imidazole rings is 1. The van der Waals surface area contributed by atoms with Crippen LogP contribution in [0.3, 0.4) is 0 Å². The number of aryl methyl sites for hydroxylation is 1. The standard InChI is InChI=1S/C15H11ClFN3O/c1-9-4-5-20-8-13(18-14(20)6-9)15(21)19-12-7-10(16)2-3-11(12)17/h2-8H,1H3,(H,19,21). The van der Waals surface area contributed by atoms with Gasteiger partial charge in [-0.25, -0.2) is 9.37 Å². The van der Waals surface area contributed by atoms with Crippen LogP contribution in [0.25, 0.3) is 5.65 Å². The van der Waals surface area contributed by atoms with Crippen LogP contribution >= 0.6 is 11.6 Å². The molecule has 0 fully saturated rings. The fourth-order valence-corrected chi connectivity index (χ4v) is 2.14. The third-order valence-corrected chi connectivity index (χ3v) is 3.26. The van der Waals surface area contributed by atoms with Gasteiger partial charge in [0, 0.05) is 17.4 Å². The maximum atomic E-state index is 13.6. The normalized spacial score (nSPS) is 10.8. The highest BCUT2D eigenvalue weighted by molar-refractivity contribution is 6.31. The molecule has 3 rings (SSSR count). The number of carbonyl (C=O) groups is 1. The van der Waals surface area contributed by atoms with Crippen molar-refractivity contribution >= 4 is 28.8 Å². The smallest absolute Gasteiger partial charge is 0.275 e. The number of rotatable bonds is 2. The molecule has 1 aromatic carbocycles. The quantitative estimate of drug-likeness (QED) is 0.785. The van der Waals surface area contributed by atoms with E-state index in [4.69, 9.17) is 11.6 Å². The Kier molecular flexibility index (Phi) is 3.35. The number of nitrogens with one attached hydrogen (secondary N) is 1. The van der Waals surface area contributed by atoms with E-state index in [-0.39, 0.29) is 11.4 Å². The molecular formula is C15H11ClFN3O. The van der Waals surface area contributed by atoms with E-state index in [1.54, 1.807) is 10.6 Å². The summed E-state index contributed by atoms with van der Waals surface area (Å²) in [6.07, 6.45) is 3.40. The molecule has 3 aromatic rings. The molecule has 4 nitrogen and oxygen atoms in total. The molecule has 0 aliphatic heterocycles. The van der Waals surface area contributed by atoms with Crippen LogP contribution in [0.15, 0.2) is 42.7 Å². The Hall–Kier alpha value is -2.40. The van der Waals surface area contributed by atoms with E-state index >= 15 is 0 Å². The number of hydrogen-bond acceptors (Lipinski definition) is 2. The molecule has 21 heavy (non-hydrogen) atoms. The van der Waals surface area contributed by atoms with Gasteiger partial charge >= 0.3 is 0 Å². The van der Waals surface area contributed by atoms with Gasteiger partial charge in [0.1, 0.15) is 17.2 Å². The van der Waals surface area contributed by atoms with Crippen molar-refractivity contribution in [1.29, 1.82) is 0 Å². The summed E-state index contributed by atoms with van der Waals surface area (Å²) in [6, 6.07) is 7.74. The molecule has 2 aromatic heterocycles. The topological polar surface area (TPSA) is 46.4 Å². The van der Waals surface area contributed by atoms with E-state index in [1.165, 1.54) is 18.2 Å². The van der Waals surface area contributed by atoms with Gasteiger partial charge < -0.3 is 9.72 Å². The van der Waals surface area contributed by atoms with Gasteiger partial charge in [0.05, 0.1) is 5.69 Å². The van der Waals surface area contributed by atoms with Crippen LogP contribution in [0.5, 0.6) is 0 Å². The second kappa shape index (κ2) is 5.18. The number of fused-ring (bicyclic) bond motifs is 1. The molecule has 0 radical (unpaired) electrons. The Balaban J connectivity index is 1.91. The number of hydrogen-bond donors (Lipinski definition) is 1. The summed E-state index contributed by atoms with van der Waals surface area (Å²) in [5, 5.41) is 2.81. The van der Waals surface area contributed by atoms with Crippen LogP contribution in [-0.4, -0.2) is 15.3 Å². The lowest BCUT2D eigenvalue weighted by Crippen LogP contribution is -2.13. The second-order valence-corrected chi connectivity index (χ2v) is 5.11. The van der Waals surface area contributed by atoms with E-state index in [0.717, 1.165) is 5.56 Å². The van der Waals surface area contributed by atoms with Gasteiger partial charge in [-0.15, -0.1) is 0 Å². The van der Waals surface area contributed by atoms with Crippen LogP contribution < -0.4 is 5.32 Å². The average Bonchev–Trinajstić information content (AvgIpc) is 2.86. The molecule has 2 heterocycles. The van der Waals surface area contributed by atoms with Crippen molar-refractivity contribution in [3.8, 4) is 0 Å². The summed E-state index contributed by atoms with van der Waals surface area (Å²) in [6.45, 7) is 1.94. The Morgan fingerprint density at radius 3 is 2.95 bits per heavy atom. The van der Waals surface area contributed by atoms with Crippen LogP contribution in [0.2, 0.25) is 5.02 Å². The maximum Gasteiger partial charge on any atom is 0.275 e. The fourth-order valence-electron chi connectivity index (χ4n) is 1.97. The number of pyridine rings is 1. The summed E-state index contributed by atoms with van der Waals surface area (Å²) in [5.41, 5.74) is 1.94. The van der Waals surface area contributed by atoms with Gasteiger partial charge in [0.15, 0.2) is 0 Å². The molecule has 0 unspecified atom stereocenters. The number of carbonyl (C=O) groups excluding carboxylic acids is 1. The molecule has 0 saturated carbocycles. The summed E-state index contributed by atoms with van der Waals surface area (Å²) in [7, 11) is 0. The van der Waals surface area contributed by atoms with Gasteiger partial charge in [-0.1, -0.05) is 11.6 Å². The van der Waals surface area contributed by atoms with Gasteiger partial charge in [0.2, 0.25) is 0 Å². The van der Waals surface area contributed by atoms with Gasteiger partial charge in [0.25, 0.3) is 5.91 Å². The first-order valence-electron chi connectivity index (χ1n) is 6.25. The Morgan fingerprint density at radius 2 is 2.14 bits per heavy atom. The number of benzene rings is 1. The second-order valence-electron chi connectivity index (χ2n) is 4.67. The van der Waals surface area contributed by atoms with Crippen LogP contribution in [0, 0.1) is 12.7 Å². The van der Waals surface area contributed by atoms with E-state index in [0.29, 0.717) is 10.7 Å². The third-order valence-electron chi connectivity index (χ3n) is 3.02. The van der Waals surface area contributed by atoms with E-state index < -0.39 is 11.7 Å². The number of amides is 1. The van der Waals surface area contributed by atoms with Crippen molar-refractivity contribution < 1.29 is 9.18 Å². The Morgan fingerprint density at radius 1 is 1.33 bits per heavy atom. The van der Waals surface area contributed by atoms with Crippen LogP contribution in [0.1, 0.15) is 16.1 Å². The lowest BCUT2D eigenvalue weighted by atomic mass is 10.3. The number of nitrogens with zero attached hydrogens (tertiary/aromatic N) is 2. The van der Waals surface area contributed by atoms with Gasteiger partial charge in [-0.2, -0.15) is 0 Å². The molecule has 1 N–H and O–H groups in total. The van der Waals surface area contributed by atoms with Crippen molar-refractivity contribution in [3.63, 3.8) is 0 Å². The summed E-state index contributed by atoms with van der Waals surface area (Å²) in [5.74, 6) is -1.04. The lowest BCUT2D eigenvalue weighted by molar-refractivity contribution is 0.102. The van der Waals surface area contributed by atoms with E-state index in [1.807, 2.05) is 25.3 Å². The number of anilines is 1. The monoisotopic (exact) mass is 303 g/mol. The first-order valence-corrected chi connectivity index (χ1v) is 6.62. The first kappa shape index (κ1) is 13.6. The SMILES string of the molecule is Cc1ccn2cc(C(=O)Nc3cc(Cl)ccc3F)nc2c1. The highest BCUT2D eigenvalue weighted by Crippen LogP contribution is 2.20. The zero-order chi connectivity index (χ0) is 15.0. The van der Waals surface area contributed by atoms with Gasteiger partial charge in [-0.3, -0.25) is 4.79 Å². The lowest BCUT2D eigenvalue weighted by Gasteiger charge is -2.04. The van der Waals surface area contributed by atoms with Crippen molar-refractivity contribution in [2.24, 2.45) is 0 Å². The van der Waals surface area contributed by atoms with Crippen molar-refractivity contribution in [1.82, 2.24) is 9.38 Å². The zero-order valence-corrected chi connectivity index (χ0v) is 11.9. The zero-order valence-electron chi connectivity index (χ0n) is 11.1. The average molecular weight is 304 g/mol.